The third-order valence-electron chi connectivity index (χ3n) is 4.44. The van der Waals surface area contributed by atoms with Crippen molar-refractivity contribution in [2.24, 2.45) is 0 Å². The van der Waals surface area contributed by atoms with Crippen LogP contribution in [0.3, 0.4) is 0 Å². The summed E-state index contributed by atoms with van der Waals surface area (Å²) in [7, 11) is 1.65. The standard InChI is InChI=1S/C19H20N4O2/c1-24-17-9-7-15(8-10-17)18-20-19(25-21-18)23-13-11-22(12-14-23)16-5-3-2-4-6-16/h2-10H,11-14H2,1H3. The summed E-state index contributed by atoms with van der Waals surface area (Å²) in [6.45, 7) is 3.59. The Bertz CT molecular complexity index is 809. The highest BCUT2D eigenvalue weighted by atomic mass is 16.5. The highest BCUT2D eigenvalue weighted by Crippen LogP contribution is 2.24. The van der Waals surface area contributed by atoms with Crippen molar-refractivity contribution in [3.05, 3.63) is 54.6 Å². The first-order chi connectivity index (χ1) is 12.3. The smallest absolute Gasteiger partial charge is 0.324 e. The van der Waals surface area contributed by atoms with E-state index in [2.05, 4.69) is 44.2 Å². The summed E-state index contributed by atoms with van der Waals surface area (Å²) < 4.78 is 10.6. The molecule has 1 fully saturated rings. The van der Waals surface area contributed by atoms with E-state index in [0.717, 1.165) is 37.5 Å². The number of rotatable bonds is 4. The number of piperazine rings is 1. The molecular weight excluding hydrogens is 316 g/mol. The number of ether oxygens (including phenoxy) is 1. The van der Waals surface area contributed by atoms with E-state index in [4.69, 9.17) is 9.26 Å². The van der Waals surface area contributed by atoms with Crippen molar-refractivity contribution < 1.29 is 9.26 Å². The molecule has 6 heteroatoms. The lowest BCUT2D eigenvalue weighted by atomic mass is 10.2. The Morgan fingerprint density at radius 3 is 2.24 bits per heavy atom. The van der Waals surface area contributed by atoms with Crippen LogP contribution >= 0.6 is 0 Å². The fourth-order valence-electron chi connectivity index (χ4n) is 3.00. The van der Waals surface area contributed by atoms with Crippen LogP contribution in [0.25, 0.3) is 11.4 Å². The van der Waals surface area contributed by atoms with Gasteiger partial charge in [0.05, 0.1) is 7.11 Å². The molecule has 0 aliphatic carbocycles. The van der Waals surface area contributed by atoms with E-state index in [1.54, 1.807) is 7.11 Å². The molecule has 6 nitrogen and oxygen atoms in total. The van der Waals surface area contributed by atoms with Crippen LogP contribution in [0.2, 0.25) is 0 Å². The van der Waals surface area contributed by atoms with Crippen LogP contribution in [0.4, 0.5) is 11.7 Å². The van der Waals surface area contributed by atoms with Crippen molar-refractivity contribution in [2.45, 2.75) is 0 Å². The van der Waals surface area contributed by atoms with Gasteiger partial charge in [0.25, 0.3) is 0 Å². The van der Waals surface area contributed by atoms with Gasteiger partial charge in [0, 0.05) is 37.4 Å². The summed E-state index contributed by atoms with van der Waals surface area (Å²) in [5.74, 6) is 1.41. The maximum Gasteiger partial charge on any atom is 0.324 e. The molecule has 1 aliphatic heterocycles. The summed E-state index contributed by atoms with van der Waals surface area (Å²) in [5.41, 5.74) is 2.17. The first-order valence-electron chi connectivity index (χ1n) is 8.36. The van der Waals surface area contributed by atoms with Crippen molar-refractivity contribution in [2.75, 3.05) is 43.1 Å². The zero-order chi connectivity index (χ0) is 17.1. The SMILES string of the molecule is COc1ccc(-c2noc(N3CCN(c4ccccc4)CC3)n2)cc1. The Morgan fingerprint density at radius 2 is 1.56 bits per heavy atom. The minimum Gasteiger partial charge on any atom is -0.497 e. The Balaban J connectivity index is 1.43. The third kappa shape index (κ3) is 3.28. The van der Waals surface area contributed by atoms with Crippen LogP contribution < -0.4 is 14.5 Å². The molecular formula is C19H20N4O2. The van der Waals surface area contributed by atoms with Gasteiger partial charge in [0.2, 0.25) is 5.82 Å². The lowest BCUT2D eigenvalue weighted by molar-refractivity contribution is 0.409. The number of anilines is 2. The third-order valence-corrected chi connectivity index (χ3v) is 4.44. The molecule has 1 aliphatic rings. The molecule has 1 saturated heterocycles. The van der Waals surface area contributed by atoms with Crippen molar-refractivity contribution in [1.29, 1.82) is 0 Å². The normalized spacial score (nSPS) is 14.6. The molecule has 4 rings (SSSR count). The average molecular weight is 336 g/mol. The van der Waals surface area contributed by atoms with Gasteiger partial charge >= 0.3 is 6.01 Å². The van der Waals surface area contributed by atoms with Crippen LogP contribution in [0.1, 0.15) is 0 Å². The van der Waals surface area contributed by atoms with Gasteiger partial charge in [0.15, 0.2) is 0 Å². The van der Waals surface area contributed by atoms with Crippen LogP contribution in [0, 0.1) is 0 Å². The van der Waals surface area contributed by atoms with Crippen molar-refractivity contribution >= 4 is 11.7 Å². The Kier molecular flexibility index (Phi) is 4.24. The number of para-hydroxylation sites is 1. The summed E-state index contributed by atoms with van der Waals surface area (Å²) >= 11 is 0. The van der Waals surface area contributed by atoms with E-state index in [0.29, 0.717) is 11.8 Å². The number of benzene rings is 2. The second-order valence-electron chi connectivity index (χ2n) is 5.94. The van der Waals surface area contributed by atoms with Crippen LogP contribution in [-0.4, -0.2) is 43.4 Å². The molecule has 3 aromatic rings. The minimum atomic E-state index is 0.582. The van der Waals surface area contributed by atoms with E-state index >= 15 is 0 Å². The largest absolute Gasteiger partial charge is 0.497 e. The molecule has 0 atom stereocenters. The second-order valence-corrected chi connectivity index (χ2v) is 5.94. The summed E-state index contributed by atoms with van der Waals surface area (Å²) in [6, 6.07) is 18.7. The zero-order valence-electron chi connectivity index (χ0n) is 14.1. The van der Waals surface area contributed by atoms with Gasteiger partial charge in [-0.3, -0.25) is 0 Å². The quantitative estimate of drug-likeness (QED) is 0.730. The Labute approximate surface area is 146 Å². The van der Waals surface area contributed by atoms with Crippen LogP contribution in [0.5, 0.6) is 5.75 Å². The zero-order valence-corrected chi connectivity index (χ0v) is 14.1. The van der Waals surface area contributed by atoms with Crippen LogP contribution in [0.15, 0.2) is 59.1 Å². The number of hydrogen-bond acceptors (Lipinski definition) is 6. The fraction of sp³-hybridized carbons (Fsp3) is 0.263. The monoisotopic (exact) mass is 336 g/mol. The molecule has 0 bridgehead atoms. The maximum atomic E-state index is 5.47. The lowest BCUT2D eigenvalue weighted by Crippen LogP contribution is -2.46. The van der Waals surface area contributed by atoms with Crippen molar-refractivity contribution in [3.8, 4) is 17.1 Å². The first kappa shape index (κ1) is 15.5. The van der Waals surface area contributed by atoms with Gasteiger partial charge in [0.1, 0.15) is 5.75 Å². The molecule has 1 aromatic heterocycles. The van der Waals surface area contributed by atoms with Gasteiger partial charge in [-0.25, -0.2) is 0 Å². The summed E-state index contributed by atoms with van der Waals surface area (Å²) in [6.07, 6.45) is 0. The first-order valence-corrected chi connectivity index (χ1v) is 8.36. The molecule has 25 heavy (non-hydrogen) atoms. The predicted octanol–water partition coefficient (Wildman–Crippen LogP) is 3.07. The number of nitrogens with zero attached hydrogens (tertiary/aromatic N) is 4. The molecule has 0 N–H and O–H groups in total. The van der Waals surface area contributed by atoms with Gasteiger partial charge in [-0.1, -0.05) is 23.4 Å². The lowest BCUT2D eigenvalue weighted by Gasteiger charge is -2.34. The van der Waals surface area contributed by atoms with Gasteiger partial charge in [-0.05, 0) is 36.4 Å². The van der Waals surface area contributed by atoms with E-state index in [1.165, 1.54) is 5.69 Å². The topological polar surface area (TPSA) is 54.6 Å². The van der Waals surface area contributed by atoms with Gasteiger partial charge in [-0.15, -0.1) is 0 Å². The predicted molar refractivity (Wildman–Crippen MR) is 97.2 cm³/mol. The van der Waals surface area contributed by atoms with Crippen molar-refractivity contribution in [1.82, 2.24) is 10.1 Å². The molecule has 0 saturated carbocycles. The Morgan fingerprint density at radius 1 is 0.880 bits per heavy atom. The van der Waals surface area contributed by atoms with Crippen molar-refractivity contribution in [3.63, 3.8) is 0 Å². The van der Waals surface area contributed by atoms with Crippen LogP contribution in [-0.2, 0) is 0 Å². The number of hydrogen-bond donors (Lipinski definition) is 0. The summed E-state index contributed by atoms with van der Waals surface area (Å²) in [5, 5.41) is 4.11. The molecule has 0 radical (unpaired) electrons. The Hall–Kier alpha value is -3.02. The number of aromatic nitrogens is 2. The average Bonchev–Trinajstić information content (AvgIpc) is 3.19. The second kappa shape index (κ2) is 6.84. The highest BCUT2D eigenvalue weighted by molar-refractivity contribution is 5.57. The molecule has 0 amide bonds. The highest BCUT2D eigenvalue weighted by Gasteiger charge is 2.22. The van der Waals surface area contributed by atoms with E-state index in [1.807, 2.05) is 30.3 Å². The molecule has 0 unspecified atom stereocenters. The molecule has 2 heterocycles. The van der Waals surface area contributed by atoms with E-state index < -0.39 is 0 Å². The van der Waals surface area contributed by atoms with Gasteiger partial charge in [-0.2, -0.15) is 4.98 Å². The maximum absolute atomic E-state index is 5.47. The number of methoxy groups -OCH3 is 1. The fourth-order valence-corrected chi connectivity index (χ4v) is 3.00. The molecule has 2 aromatic carbocycles. The molecule has 128 valence electrons. The minimum absolute atomic E-state index is 0.582. The van der Waals surface area contributed by atoms with E-state index in [9.17, 15) is 0 Å². The summed E-state index contributed by atoms with van der Waals surface area (Å²) in [4.78, 5) is 9.06. The van der Waals surface area contributed by atoms with Gasteiger partial charge < -0.3 is 19.1 Å². The van der Waals surface area contributed by atoms with E-state index in [-0.39, 0.29) is 0 Å². The molecule has 0 spiro atoms.